The number of carbonyl (C=O) groups excluding carboxylic acids is 1. The summed E-state index contributed by atoms with van der Waals surface area (Å²) >= 11 is 0. The van der Waals surface area contributed by atoms with Crippen LogP contribution in [-0.2, 0) is 4.79 Å². The first kappa shape index (κ1) is 11.7. The van der Waals surface area contributed by atoms with Gasteiger partial charge in [-0.05, 0) is 45.3 Å². The highest BCUT2D eigenvalue weighted by atomic mass is 16.1. The molecule has 0 aliphatic heterocycles. The first-order valence-corrected chi connectivity index (χ1v) is 6.03. The minimum Gasteiger partial charge on any atom is -0.304 e. The Morgan fingerprint density at radius 1 is 1.36 bits per heavy atom. The van der Waals surface area contributed by atoms with Crippen molar-refractivity contribution in [3.05, 3.63) is 0 Å². The van der Waals surface area contributed by atoms with Gasteiger partial charge in [0.25, 0.3) is 0 Å². The van der Waals surface area contributed by atoms with Crippen LogP contribution < -0.4 is 0 Å². The Labute approximate surface area is 87.7 Å². The molecule has 14 heavy (non-hydrogen) atoms. The van der Waals surface area contributed by atoms with Crippen LogP contribution in [0.1, 0.15) is 46.0 Å². The Balaban J connectivity index is 2.20. The first-order chi connectivity index (χ1) is 6.77. The lowest BCUT2D eigenvalue weighted by atomic mass is 10.0. The predicted molar refractivity (Wildman–Crippen MR) is 59.4 cm³/mol. The van der Waals surface area contributed by atoms with Crippen LogP contribution in [-0.4, -0.2) is 30.3 Å². The predicted octanol–water partition coefficient (Wildman–Crippen LogP) is 2.48. The smallest absolute Gasteiger partial charge is 0.136 e. The zero-order valence-electron chi connectivity index (χ0n) is 9.59. The maximum absolute atomic E-state index is 11.4. The van der Waals surface area contributed by atoms with E-state index in [0.717, 1.165) is 38.8 Å². The van der Waals surface area contributed by atoms with Crippen LogP contribution in [0.25, 0.3) is 0 Å². The highest BCUT2D eigenvalue weighted by Gasteiger charge is 2.24. The summed E-state index contributed by atoms with van der Waals surface area (Å²) in [4.78, 5) is 13.9. The third-order valence-corrected chi connectivity index (χ3v) is 3.21. The van der Waals surface area contributed by atoms with Crippen molar-refractivity contribution in [3.63, 3.8) is 0 Å². The lowest BCUT2D eigenvalue weighted by molar-refractivity contribution is -0.120. The second kappa shape index (κ2) is 6.18. The Morgan fingerprint density at radius 2 is 2.14 bits per heavy atom. The maximum atomic E-state index is 11.4. The summed E-state index contributed by atoms with van der Waals surface area (Å²) in [6, 6.07) is 0. The molecule has 0 heterocycles. The lowest BCUT2D eigenvalue weighted by Crippen LogP contribution is -2.27. The van der Waals surface area contributed by atoms with Gasteiger partial charge in [0.15, 0.2) is 0 Å². The van der Waals surface area contributed by atoms with E-state index in [1.165, 1.54) is 13.0 Å². The van der Waals surface area contributed by atoms with Gasteiger partial charge in [0, 0.05) is 12.3 Å². The van der Waals surface area contributed by atoms with Gasteiger partial charge in [0.2, 0.25) is 0 Å². The molecule has 1 rings (SSSR count). The molecular formula is C12H23NO. The third-order valence-electron chi connectivity index (χ3n) is 3.21. The van der Waals surface area contributed by atoms with Crippen molar-refractivity contribution in [2.75, 3.05) is 19.6 Å². The standard InChI is InChI=1S/C12H23NO/c1-3-9-13(4-2)10-8-11-6-5-7-12(11)14/h11H,3-10H2,1-2H3. The topological polar surface area (TPSA) is 20.3 Å². The Morgan fingerprint density at radius 3 is 2.64 bits per heavy atom. The van der Waals surface area contributed by atoms with E-state index in [1.54, 1.807) is 0 Å². The van der Waals surface area contributed by atoms with Gasteiger partial charge in [0.05, 0.1) is 0 Å². The largest absolute Gasteiger partial charge is 0.304 e. The van der Waals surface area contributed by atoms with Gasteiger partial charge in [-0.3, -0.25) is 4.79 Å². The molecule has 0 aromatic rings. The third kappa shape index (κ3) is 3.41. The van der Waals surface area contributed by atoms with Crippen molar-refractivity contribution in [2.45, 2.75) is 46.0 Å². The Bertz CT molecular complexity index is 179. The summed E-state index contributed by atoms with van der Waals surface area (Å²) in [5, 5.41) is 0. The zero-order chi connectivity index (χ0) is 10.4. The molecule has 0 amide bonds. The fraction of sp³-hybridized carbons (Fsp3) is 0.917. The quantitative estimate of drug-likeness (QED) is 0.652. The normalized spacial score (nSPS) is 22.2. The van der Waals surface area contributed by atoms with E-state index in [1.807, 2.05) is 0 Å². The highest BCUT2D eigenvalue weighted by molar-refractivity contribution is 5.82. The van der Waals surface area contributed by atoms with Gasteiger partial charge in [0.1, 0.15) is 5.78 Å². The van der Waals surface area contributed by atoms with E-state index in [4.69, 9.17) is 0 Å². The second-order valence-electron chi connectivity index (χ2n) is 4.28. The molecule has 0 N–H and O–H groups in total. The molecule has 82 valence electrons. The molecule has 1 unspecified atom stereocenters. The molecule has 1 atom stereocenters. The van der Waals surface area contributed by atoms with E-state index >= 15 is 0 Å². The molecule has 1 fully saturated rings. The molecule has 0 aromatic heterocycles. The number of nitrogens with zero attached hydrogens (tertiary/aromatic N) is 1. The summed E-state index contributed by atoms with van der Waals surface area (Å²) in [6.45, 7) is 7.82. The SMILES string of the molecule is CCCN(CC)CCC1CCCC1=O. The summed E-state index contributed by atoms with van der Waals surface area (Å²) < 4.78 is 0. The summed E-state index contributed by atoms with van der Waals surface area (Å²) in [5.74, 6) is 0.901. The van der Waals surface area contributed by atoms with Crippen molar-refractivity contribution in [3.8, 4) is 0 Å². The average Bonchev–Trinajstić information content (AvgIpc) is 2.59. The molecule has 0 aromatic carbocycles. The molecule has 1 saturated carbocycles. The van der Waals surface area contributed by atoms with E-state index < -0.39 is 0 Å². The maximum Gasteiger partial charge on any atom is 0.136 e. The molecule has 2 heteroatoms. The van der Waals surface area contributed by atoms with E-state index in [2.05, 4.69) is 18.7 Å². The molecule has 0 spiro atoms. The fourth-order valence-electron chi connectivity index (χ4n) is 2.28. The first-order valence-electron chi connectivity index (χ1n) is 6.03. The number of hydrogen-bond donors (Lipinski definition) is 0. The summed E-state index contributed by atoms with van der Waals surface area (Å²) in [5.41, 5.74) is 0. The van der Waals surface area contributed by atoms with Crippen LogP contribution >= 0.6 is 0 Å². The molecular weight excluding hydrogens is 174 g/mol. The van der Waals surface area contributed by atoms with Crippen molar-refractivity contribution in [1.29, 1.82) is 0 Å². The van der Waals surface area contributed by atoms with Crippen LogP contribution in [0.15, 0.2) is 0 Å². The fourth-order valence-corrected chi connectivity index (χ4v) is 2.28. The van der Waals surface area contributed by atoms with Crippen molar-refractivity contribution >= 4 is 5.78 Å². The molecule has 0 bridgehead atoms. The van der Waals surface area contributed by atoms with Crippen LogP contribution in [0.5, 0.6) is 0 Å². The number of rotatable bonds is 6. The Hall–Kier alpha value is -0.370. The highest BCUT2D eigenvalue weighted by Crippen LogP contribution is 2.24. The van der Waals surface area contributed by atoms with Gasteiger partial charge >= 0.3 is 0 Å². The molecule has 1 aliphatic rings. The van der Waals surface area contributed by atoms with E-state index in [0.29, 0.717) is 11.7 Å². The van der Waals surface area contributed by atoms with Crippen LogP contribution in [0, 0.1) is 5.92 Å². The minimum atomic E-state index is 0.390. The van der Waals surface area contributed by atoms with E-state index in [-0.39, 0.29) is 0 Å². The van der Waals surface area contributed by atoms with Gasteiger partial charge in [-0.15, -0.1) is 0 Å². The molecule has 1 aliphatic carbocycles. The number of carbonyl (C=O) groups is 1. The van der Waals surface area contributed by atoms with Gasteiger partial charge < -0.3 is 4.90 Å². The second-order valence-corrected chi connectivity index (χ2v) is 4.28. The number of ketones is 1. The van der Waals surface area contributed by atoms with Crippen molar-refractivity contribution in [1.82, 2.24) is 4.90 Å². The molecule has 0 saturated heterocycles. The zero-order valence-corrected chi connectivity index (χ0v) is 9.59. The Kier molecular flexibility index (Phi) is 5.16. The summed E-state index contributed by atoms with van der Waals surface area (Å²) in [6.07, 6.45) is 5.41. The van der Waals surface area contributed by atoms with Crippen LogP contribution in [0.2, 0.25) is 0 Å². The molecule has 0 radical (unpaired) electrons. The van der Waals surface area contributed by atoms with Crippen molar-refractivity contribution in [2.24, 2.45) is 5.92 Å². The summed E-state index contributed by atoms with van der Waals surface area (Å²) in [7, 11) is 0. The van der Waals surface area contributed by atoms with E-state index in [9.17, 15) is 4.79 Å². The van der Waals surface area contributed by atoms with Crippen LogP contribution in [0.4, 0.5) is 0 Å². The lowest BCUT2D eigenvalue weighted by Gasteiger charge is -2.20. The minimum absolute atomic E-state index is 0.390. The number of hydrogen-bond acceptors (Lipinski definition) is 2. The van der Waals surface area contributed by atoms with Crippen molar-refractivity contribution < 1.29 is 4.79 Å². The van der Waals surface area contributed by atoms with Crippen LogP contribution in [0.3, 0.4) is 0 Å². The van der Waals surface area contributed by atoms with Gasteiger partial charge in [-0.25, -0.2) is 0 Å². The van der Waals surface area contributed by atoms with Gasteiger partial charge in [-0.2, -0.15) is 0 Å². The number of Topliss-reactive ketones (excluding diaryl/α,β-unsaturated/α-hetero) is 1. The molecule has 2 nitrogen and oxygen atoms in total. The average molecular weight is 197 g/mol. The monoisotopic (exact) mass is 197 g/mol. The van der Waals surface area contributed by atoms with Gasteiger partial charge in [-0.1, -0.05) is 13.8 Å².